The number of thiophene rings is 1. The van der Waals surface area contributed by atoms with Crippen LogP contribution in [0.5, 0.6) is 11.5 Å². The van der Waals surface area contributed by atoms with Crippen LogP contribution in [0.25, 0.3) is 0 Å². The molecule has 2 rings (SSSR count). The van der Waals surface area contributed by atoms with E-state index in [4.69, 9.17) is 21.1 Å². The minimum Gasteiger partial charge on any atom is -0.497 e. The molecule has 0 spiro atoms. The highest BCUT2D eigenvalue weighted by molar-refractivity contribution is 7.16. The monoisotopic (exact) mass is 339 g/mol. The highest BCUT2D eigenvalue weighted by Crippen LogP contribution is 2.27. The summed E-state index contributed by atoms with van der Waals surface area (Å²) in [6, 6.07) is 8.97. The summed E-state index contributed by atoms with van der Waals surface area (Å²) in [5, 5.41) is 0. The lowest BCUT2D eigenvalue weighted by molar-refractivity contribution is 0.0750. The lowest BCUT2D eigenvalue weighted by Crippen LogP contribution is -2.30. The summed E-state index contributed by atoms with van der Waals surface area (Å²) in [7, 11) is 3.12. The van der Waals surface area contributed by atoms with Gasteiger partial charge < -0.3 is 14.4 Å². The lowest BCUT2D eigenvalue weighted by atomic mass is 10.1. The maximum Gasteiger partial charge on any atom is 0.257 e. The second-order valence-electron chi connectivity index (χ2n) is 4.59. The molecule has 1 aromatic heterocycles. The first-order chi connectivity index (χ1) is 10.6. The predicted octanol–water partition coefficient (Wildman–Crippen LogP) is 4.08. The van der Waals surface area contributed by atoms with Crippen molar-refractivity contribution in [3.05, 3.63) is 45.1 Å². The Bertz CT molecular complexity index is 657. The van der Waals surface area contributed by atoms with E-state index >= 15 is 0 Å². The molecule has 0 aliphatic rings. The molecule has 1 aromatic carbocycles. The molecule has 1 amide bonds. The van der Waals surface area contributed by atoms with Crippen LogP contribution in [0.4, 0.5) is 0 Å². The van der Waals surface area contributed by atoms with Crippen molar-refractivity contribution in [2.24, 2.45) is 0 Å². The van der Waals surface area contributed by atoms with Crippen LogP contribution in [-0.2, 0) is 6.54 Å². The Morgan fingerprint density at radius 1 is 1.23 bits per heavy atom. The van der Waals surface area contributed by atoms with Gasteiger partial charge in [0.15, 0.2) is 0 Å². The molecule has 118 valence electrons. The van der Waals surface area contributed by atoms with E-state index in [2.05, 4.69) is 0 Å². The van der Waals surface area contributed by atoms with Crippen LogP contribution in [-0.4, -0.2) is 31.6 Å². The van der Waals surface area contributed by atoms with Crippen molar-refractivity contribution in [1.82, 2.24) is 4.90 Å². The summed E-state index contributed by atoms with van der Waals surface area (Å²) in [6.45, 7) is 3.08. The van der Waals surface area contributed by atoms with E-state index in [0.29, 0.717) is 30.2 Å². The average Bonchev–Trinajstić information content (AvgIpc) is 2.96. The molecule has 0 aliphatic heterocycles. The number of hydrogen-bond donors (Lipinski definition) is 0. The van der Waals surface area contributed by atoms with Gasteiger partial charge in [0, 0.05) is 17.5 Å². The van der Waals surface area contributed by atoms with Gasteiger partial charge in [-0.3, -0.25) is 4.79 Å². The third-order valence-electron chi connectivity index (χ3n) is 3.28. The van der Waals surface area contributed by atoms with E-state index in [-0.39, 0.29) is 5.91 Å². The SMILES string of the molecule is CCN(Cc1ccc(Cl)s1)C(=O)c1ccc(OC)cc1OC. The van der Waals surface area contributed by atoms with Crippen LogP contribution >= 0.6 is 22.9 Å². The van der Waals surface area contributed by atoms with Crippen molar-refractivity contribution in [2.45, 2.75) is 13.5 Å². The normalized spacial score (nSPS) is 10.4. The summed E-state index contributed by atoms with van der Waals surface area (Å²) in [5.41, 5.74) is 0.521. The number of hydrogen-bond acceptors (Lipinski definition) is 4. The van der Waals surface area contributed by atoms with Crippen molar-refractivity contribution < 1.29 is 14.3 Å². The Morgan fingerprint density at radius 2 is 2.00 bits per heavy atom. The Kier molecular flexibility index (Phi) is 5.69. The van der Waals surface area contributed by atoms with Crippen molar-refractivity contribution >= 4 is 28.8 Å². The average molecular weight is 340 g/mol. The first-order valence-electron chi connectivity index (χ1n) is 6.84. The number of nitrogens with zero attached hydrogens (tertiary/aromatic N) is 1. The lowest BCUT2D eigenvalue weighted by Gasteiger charge is -2.21. The van der Waals surface area contributed by atoms with Gasteiger partial charge in [-0.2, -0.15) is 0 Å². The molecule has 0 bridgehead atoms. The highest BCUT2D eigenvalue weighted by atomic mass is 35.5. The molecule has 0 saturated carbocycles. The summed E-state index contributed by atoms with van der Waals surface area (Å²) < 4.78 is 11.2. The number of amides is 1. The van der Waals surface area contributed by atoms with Crippen molar-refractivity contribution in [1.29, 1.82) is 0 Å². The molecule has 4 nitrogen and oxygen atoms in total. The van der Waals surface area contributed by atoms with Crippen LogP contribution in [0.1, 0.15) is 22.2 Å². The topological polar surface area (TPSA) is 38.8 Å². The Labute approximate surface area is 139 Å². The van der Waals surface area contributed by atoms with Crippen molar-refractivity contribution in [3.8, 4) is 11.5 Å². The third kappa shape index (κ3) is 3.72. The molecule has 0 radical (unpaired) electrons. The van der Waals surface area contributed by atoms with E-state index in [1.807, 2.05) is 19.1 Å². The van der Waals surface area contributed by atoms with Gasteiger partial charge in [-0.05, 0) is 31.2 Å². The molecular weight excluding hydrogens is 322 g/mol. The minimum absolute atomic E-state index is 0.0773. The van der Waals surface area contributed by atoms with Crippen LogP contribution in [0.2, 0.25) is 4.34 Å². The van der Waals surface area contributed by atoms with E-state index in [1.165, 1.54) is 11.3 Å². The highest BCUT2D eigenvalue weighted by Gasteiger charge is 2.19. The molecule has 6 heteroatoms. The molecule has 1 heterocycles. The van der Waals surface area contributed by atoms with E-state index in [0.717, 1.165) is 9.21 Å². The Morgan fingerprint density at radius 3 is 2.55 bits per heavy atom. The van der Waals surface area contributed by atoms with E-state index in [1.54, 1.807) is 37.3 Å². The molecule has 0 aliphatic carbocycles. The smallest absolute Gasteiger partial charge is 0.257 e. The standard InChI is InChI=1S/C16H18ClNO3S/c1-4-18(10-12-6-8-15(17)22-12)16(19)13-7-5-11(20-2)9-14(13)21-3/h5-9H,4,10H2,1-3H3. The van der Waals surface area contributed by atoms with Crippen LogP contribution in [0.15, 0.2) is 30.3 Å². The largest absolute Gasteiger partial charge is 0.497 e. The van der Waals surface area contributed by atoms with Gasteiger partial charge >= 0.3 is 0 Å². The Hall–Kier alpha value is -1.72. The van der Waals surface area contributed by atoms with Gasteiger partial charge in [-0.15, -0.1) is 11.3 Å². The van der Waals surface area contributed by atoms with Gasteiger partial charge in [0.05, 0.1) is 30.7 Å². The molecule has 0 N–H and O–H groups in total. The van der Waals surface area contributed by atoms with Crippen LogP contribution in [0, 0.1) is 0 Å². The molecule has 0 fully saturated rings. The van der Waals surface area contributed by atoms with Crippen LogP contribution in [0.3, 0.4) is 0 Å². The van der Waals surface area contributed by atoms with Gasteiger partial charge in [0.2, 0.25) is 0 Å². The summed E-state index contributed by atoms with van der Waals surface area (Å²) >= 11 is 7.43. The Balaban J connectivity index is 2.24. The molecule has 0 unspecified atom stereocenters. The zero-order valence-corrected chi connectivity index (χ0v) is 14.3. The van der Waals surface area contributed by atoms with Crippen molar-refractivity contribution in [3.63, 3.8) is 0 Å². The molecular formula is C16H18ClNO3S. The maximum atomic E-state index is 12.7. The maximum absolute atomic E-state index is 12.7. The van der Waals surface area contributed by atoms with E-state index in [9.17, 15) is 4.79 Å². The number of rotatable bonds is 6. The van der Waals surface area contributed by atoms with Gasteiger partial charge in [-0.1, -0.05) is 11.6 Å². The summed E-state index contributed by atoms with van der Waals surface area (Å²) in [5.74, 6) is 1.08. The third-order valence-corrected chi connectivity index (χ3v) is 4.50. The fraction of sp³-hybridized carbons (Fsp3) is 0.312. The molecule has 22 heavy (non-hydrogen) atoms. The zero-order valence-electron chi connectivity index (χ0n) is 12.8. The minimum atomic E-state index is -0.0773. The zero-order chi connectivity index (χ0) is 16.1. The van der Waals surface area contributed by atoms with E-state index < -0.39 is 0 Å². The molecule has 2 aromatic rings. The molecule has 0 atom stereocenters. The second-order valence-corrected chi connectivity index (χ2v) is 6.39. The number of halogens is 1. The quantitative estimate of drug-likeness (QED) is 0.796. The summed E-state index contributed by atoms with van der Waals surface area (Å²) in [6.07, 6.45) is 0. The number of carbonyl (C=O) groups excluding carboxylic acids is 1. The second kappa shape index (κ2) is 7.51. The number of ether oxygens (including phenoxy) is 2. The summed E-state index contributed by atoms with van der Waals surface area (Å²) in [4.78, 5) is 15.5. The number of carbonyl (C=O) groups is 1. The number of methoxy groups -OCH3 is 2. The molecule has 0 saturated heterocycles. The van der Waals surface area contributed by atoms with Crippen LogP contribution < -0.4 is 9.47 Å². The first-order valence-corrected chi connectivity index (χ1v) is 8.04. The predicted molar refractivity (Wildman–Crippen MR) is 89.3 cm³/mol. The first kappa shape index (κ1) is 16.6. The van der Waals surface area contributed by atoms with Gasteiger partial charge in [-0.25, -0.2) is 0 Å². The van der Waals surface area contributed by atoms with Gasteiger partial charge in [0.1, 0.15) is 11.5 Å². The fourth-order valence-electron chi connectivity index (χ4n) is 2.10. The fourth-order valence-corrected chi connectivity index (χ4v) is 3.20. The number of benzene rings is 1. The van der Waals surface area contributed by atoms with Gasteiger partial charge in [0.25, 0.3) is 5.91 Å². The van der Waals surface area contributed by atoms with Crippen molar-refractivity contribution in [2.75, 3.05) is 20.8 Å².